The molecular formula is C18H20N6O2. The molecule has 4 heterocycles. The summed E-state index contributed by atoms with van der Waals surface area (Å²) in [7, 11) is 1.56. The molecule has 8 nitrogen and oxygen atoms in total. The van der Waals surface area contributed by atoms with E-state index in [9.17, 15) is 4.79 Å². The van der Waals surface area contributed by atoms with Crippen molar-refractivity contribution >= 4 is 17.0 Å². The summed E-state index contributed by atoms with van der Waals surface area (Å²) in [6, 6.07) is 5.39. The molecule has 0 aliphatic carbocycles. The fraction of sp³-hybridized carbons (Fsp3) is 0.333. The summed E-state index contributed by atoms with van der Waals surface area (Å²) in [6.45, 7) is 3.49. The van der Waals surface area contributed by atoms with Gasteiger partial charge in [-0.1, -0.05) is 0 Å². The van der Waals surface area contributed by atoms with Crippen molar-refractivity contribution in [3.63, 3.8) is 0 Å². The van der Waals surface area contributed by atoms with Crippen LogP contribution in [0.5, 0.6) is 5.88 Å². The summed E-state index contributed by atoms with van der Waals surface area (Å²) in [6.07, 6.45) is 3.73. The normalized spacial score (nSPS) is 14.2. The van der Waals surface area contributed by atoms with Gasteiger partial charge >= 0.3 is 0 Å². The lowest BCUT2D eigenvalue weighted by Gasteiger charge is -2.23. The maximum atomic E-state index is 13.3. The Morgan fingerprint density at radius 1 is 1.19 bits per heavy atom. The van der Waals surface area contributed by atoms with Crippen LogP contribution in [-0.2, 0) is 0 Å². The molecular weight excluding hydrogens is 332 g/mol. The predicted molar refractivity (Wildman–Crippen MR) is 99.9 cm³/mol. The first-order chi connectivity index (χ1) is 12.6. The lowest BCUT2D eigenvalue weighted by atomic mass is 10.1. The van der Waals surface area contributed by atoms with Crippen molar-refractivity contribution in [3.8, 4) is 17.0 Å². The molecule has 26 heavy (non-hydrogen) atoms. The summed E-state index contributed by atoms with van der Waals surface area (Å²) < 4.78 is 6.75. The second-order valence-electron chi connectivity index (χ2n) is 6.33. The van der Waals surface area contributed by atoms with E-state index in [0.29, 0.717) is 17.1 Å². The average Bonchev–Trinajstić information content (AvgIpc) is 3.15. The van der Waals surface area contributed by atoms with Crippen LogP contribution in [-0.4, -0.2) is 39.8 Å². The molecule has 0 amide bonds. The molecule has 3 aromatic heterocycles. The van der Waals surface area contributed by atoms with Crippen molar-refractivity contribution in [1.82, 2.24) is 19.6 Å². The monoisotopic (exact) mass is 352 g/mol. The number of fused-ring (bicyclic) bond motifs is 1. The van der Waals surface area contributed by atoms with Crippen molar-refractivity contribution in [1.29, 1.82) is 0 Å². The Hall–Kier alpha value is -3.16. The van der Waals surface area contributed by atoms with Crippen LogP contribution in [0.25, 0.3) is 22.2 Å². The molecule has 1 fully saturated rings. The highest BCUT2D eigenvalue weighted by Crippen LogP contribution is 2.24. The van der Waals surface area contributed by atoms with Crippen molar-refractivity contribution in [2.75, 3.05) is 30.9 Å². The van der Waals surface area contributed by atoms with E-state index in [1.807, 2.05) is 24.1 Å². The summed E-state index contributed by atoms with van der Waals surface area (Å²) in [5.74, 6) is 0.669. The minimum atomic E-state index is -0.135. The third-order valence-corrected chi connectivity index (χ3v) is 4.67. The molecule has 134 valence electrons. The fourth-order valence-corrected chi connectivity index (χ4v) is 3.36. The summed E-state index contributed by atoms with van der Waals surface area (Å²) >= 11 is 0. The molecule has 3 aromatic rings. The minimum absolute atomic E-state index is 0.135. The number of nitrogens with zero attached hydrogens (tertiary/aromatic N) is 5. The lowest BCUT2D eigenvalue weighted by Crippen LogP contribution is -2.41. The van der Waals surface area contributed by atoms with Crippen molar-refractivity contribution in [2.24, 2.45) is 0 Å². The van der Waals surface area contributed by atoms with Gasteiger partial charge in [-0.3, -0.25) is 4.79 Å². The van der Waals surface area contributed by atoms with Gasteiger partial charge in [0.2, 0.25) is 11.8 Å². The Bertz CT molecular complexity index is 1020. The van der Waals surface area contributed by atoms with Gasteiger partial charge in [0.25, 0.3) is 5.56 Å². The Kier molecular flexibility index (Phi) is 3.95. The van der Waals surface area contributed by atoms with Gasteiger partial charge < -0.3 is 15.5 Å². The van der Waals surface area contributed by atoms with Gasteiger partial charge in [0.15, 0.2) is 5.65 Å². The summed E-state index contributed by atoms with van der Waals surface area (Å²) in [5, 5.41) is 2.83. The van der Waals surface area contributed by atoms with E-state index < -0.39 is 0 Å². The van der Waals surface area contributed by atoms with E-state index in [1.165, 1.54) is 0 Å². The van der Waals surface area contributed by atoms with E-state index in [2.05, 4.69) is 15.0 Å². The van der Waals surface area contributed by atoms with Crippen molar-refractivity contribution in [3.05, 3.63) is 40.4 Å². The molecule has 0 bridgehead atoms. The molecule has 1 saturated heterocycles. The number of hydrogen-bond acceptors (Lipinski definition) is 7. The molecule has 2 N–H and O–H groups in total. The van der Waals surface area contributed by atoms with Crippen LogP contribution in [0, 0.1) is 6.92 Å². The van der Waals surface area contributed by atoms with Gasteiger partial charge in [0.1, 0.15) is 0 Å². The van der Waals surface area contributed by atoms with Crippen molar-refractivity contribution in [2.45, 2.75) is 19.8 Å². The third-order valence-electron chi connectivity index (χ3n) is 4.67. The van der Waals surface area contributed by atoms with Crippen LogP contribution in [0.4, 0.5) is 5.95 Å². The Labute approximate surface area is 150 Å². The van der Waals surface area contributed by atoms with E-state index in [4.69, 9.17) is 10.5 Å². The molecule has 8 heteroatoms. The minimum Gasteiger partial charge on any atom is -0.481 e. The van der Waals surface area contributed by atoms with Gasteiger partial charge in [0, 0.05) is 36.3 Å². The highest BCUT2D eigenvalue weighted by atomic mass is 16.5. The zero-order chi connectivity index (χ0) is 18.3. The third kappa shape index (κ3) is 2.63. The van der Waals surface area contributed by atoms with Gasteiger partial charge in [-0.2, -0.15) is 4.98 Å². The number of hydrogen-bond donors (Lipinski definition) is 1. The Morgan fingerprint density at radius 2 is 1.96 bits per heavy atom. The molecule has 1 aliphatic rings. The average molecular weight is 352 g/mol. The second kappa shape index (κ2) is 6.29. The second-order valence-corrected chi connectivity index (χ2v) is 6.33. The largest absolute Gasteiger partial charge is 0.481 e. The van der Waals surface area contributed by atoms with E-state index >= 15 is 0 Å². The maximum absolute atomic E-state index is 13.3. The number of anilines is 1. The van der Waals surface area contributed by atoms with Crippen LogP contribution in [0.1, 0.15) is 18.5 Å². The van der Waals surface area contributed by atoms with Crippen LogP contribution >= 0.6 is 0 Å². The number of nitrogens with two attached hydrogens (primary N) is 1. The number of nitrogen functional groups attached to an aromatic ring is 1. The van der Waals surface area contributed by atoms with Crippen LogP contribution in [0.2, 0.25) is 0 Å². The zero-order valence-electron chi connectivity index (χ0n) is 14.8. The van der Waals surface area contributed by atoms with Gasteiger partial charge in [-0.05, 0) is 31.9 Å². The lowest BCUT2D eigenvalue weighted by molar-refractivity contribution is 0.398. The van der Waals surface area contributed by atoms with Crippen LogP contribution in [0.15, 0.2) is 29.2 Å². The Morgan fingerprint density at radius 3 is 2.62 bits per heavy atom. The number of pyridine rings is 2. The van der Waals surface area contributed by atoms with Gasteiger partial charge in [-0.15, -0.1) is 0 Å². The smallest absolute Gasteiger partial charge is 0.278 e. The number of rotatable bonds is 3. The molecule has 0 radical (unpaired) electrons. The predicted octanol–water partition coefficient (Wildman–Crippen LogP) is 1.48. The van der Waals surface area contributed by atoms with E-state index in [0.717, 1.165) is 42.6 Å². The standard InChI is InChI=1S/C18H20N6O2/c1-11-13-9-14(12-5-6-15(26-2)20-10-12)17(25)24(23-7-3-4-8-23)16(13)22-18(19)21-11/h5-6,9-10H,3-4,7-8H2,1-2H3,(H2,19,21,22). The quantitative estimate of drug-likeness (QED) is 0.762. The van der Waals surface area contributed by atoms with Crippen molar-refractivity contribution < 1.29 is 4.74 Å². The van der Waals surface area contributed by atoms with E-state index in [1.54, 1.807) is 24.0 Å². The fourth-order valence-electron chi connectivity index (χ4n) is 3.36. The molecule has 1 aliphatic heterocycles. The molecule has 0 unspecified atom stereocenters. The number of methoxy groups -OCH3 is 1. The first-order valence-electron chi connectivity index (χ1n) is 8.54. The molecule has 0 atom stereocenters. The SMILES string of the molecule is COc1ccc(-c2cc3c(C)nc(N)nc3n(N3CCCC3)c2=O)cn1. The van der Waals surface area contributed by atoms with Crippen LogP contribution < -0.4 is 21.0 Å². The highest BCUT2D eigenvalue weighted by Gasteiger charge is 2.21. The highest BCUT2D eigenvalue weighted by molar-refractivity contribution is 5.84. The zero-order valence-corrected chi connectivity index (χ0v) is 14.8. The number of aryl methyl sites for hydroxylation is 1. The summed E-state index contributed by atoms with van der Waals surface area (Å²) in [4.78, 5) is 26.1. The number of aromatic nitrogens is 4. The first-order valence-corrected chi connectivity index (χ1v) is 8.54. The topological polar surface area (TPSA) is 99.2 Å². The van der Waals surface area contributed by atoms with Crippen LogP contribution in [0.3, 0.4) is 0 Å². The Balaban J connectivity index is 2.01. The first kappa shape index (κ1) is 16.3. The van der Waals surface area contributed by atoms with E-state index in [-0.39, 0.29) is 11.5 Å². The maximum Gasteiger partial charge on any atom is 0.278 e. The van der Waals surface area contributed by atoms with Gasteiger partial charge in [-0.25, -0.2) is 14.6 Å². The molecule has 4 rings (SSSR count). The van der Waals surface area contributed by atoms with Gasteiger partial charge in [0.05, 0.1) is 18.4 Å². The summed E-state index contributed by atoms with van der Waals surface area (Å²) in [5.41, 5.74) is 8.27. The molecule has 0 spiro atoms. The molecule has 0 saturated carbocycles. The number of ether oxygens (including phenoxy) is 1. The molecule has 0 aromatic carbocycles.